The molecule has 2 aromatic heterocycles. The number of pyridine rings is 1. The molecular weight excluding hydrogens is 383 g/mol. The fraction of sp³-hybridized carbons (Fsp3) is 0.190. The van der Waals surface area contributed by atoms with E-state index in [9.17, 15) is 22.8 Å². The molecule has 5 nitrogen and oxygen atoms in total. The zero-order valence-corrected chi connectivity index (χ0v) is 15.6. The van der Waals surface area contributed by atoms with Crippen LogP contribution in [0, 0.1) is 6.92 Å². The van der Waals surface area contributed by atoms with Crippen molar-refractivity contribution in [1.29, 1.82) is 0 Å². The Morgan fingerprint density at radius 1 is 1.14 bits per heavy atom. The highest BCUT2D eigenvalue weighted by atomic mass is 19.4. The van der Waals surface area contributed by atoms with E-state index in [1.165, 1.54) is 6.20 Å². The Labute approximate surface area is 164 Å². The van der Waals surface area contributed by atoms with Gasteiger partial charge in [-0.05, 0) is 18.6 Å². The quantitative estimate of drug-likeness (QED) is 0.590. The Bertz CT molecular complexity index is 1110. The molecule has 3 rings (SSSR count). The van der Waals surface area contributed by atoms with E-state index in [0.29, 0.717) is 17.8 Å². The summed E-state index contributed by atoms with van der Waals surface area (Å²) in [6.07, 6.45) is -2.22. The highest BCUT2D eigenvalue weighted by Gasteiger charge is 2.33. The summed E-state index contributed by atoms with van der Waals surface area (Å²) in [5.41, 5.74) is 0.0151. The molecule has 0 saturated heterocycles. The van der Waals surface area contributed by atoms with E-state index in [2.05, 4.69) is 11.7 Å². The molecule has 3 aromatic rings. The second-order valence-corrected chi connectivity index (χ2v) is 6.57. The number of allylic oxidation sites excluding steroid dienone is 1. The van der Waals surface area contributed by atoms with Crippen LogP contribution in [0.25, 0.3) is 5.57 Å². The predicted octanol–water partition coefficient (Wildman–Crippen LogP) is 3.86. The molecule has 0 spiro atoms. The second kappa shape index (κ2) is 7.90. The Morgan fingerprint density at radius 2 is 1.83 bits per heavy atom. The van der Waals surface area contributed by atoms with Crippen molar-refractivity contribution in [2.45, 2.75) is 26.2 Å². The standard InChI is InChI=1S/C21H18F3N3O2/c1-14(21(22,23)24)17-8-9-20(29)26(12-17)13-19(28)18-10-25-27(15(18)2)11-16-6-4-3-5-7-16/h3-10,12H,1,11,13H2,2H3. The summed E-state index contributed by atoms with van der Waals surface area (Å²) in [4.78, 5) is 24.7. The maximum atomic E-state index is 12.9. The van der Waals surface area contributed by atoms with Crippen LogP contribution in [0.3, 0.4) is 0 Å². The van der Waals surface area contributed by atoms with Crippen molar-refractivity contribution in [3.63, 3.8) is 0 Å². The van der Waals surface area contributed by atoms with Crippen LogP contribution in [0.4, 0.5) is 13.2 Å². The van der Waals surface area contributed by atoms with Crippen molar-refractivity contribution >= 4 is 11.4 Å². The van der Waals surface area contributed by atoms with Gasteiger partial charge < -0.3 is 4.57 Å². The number of carbonyl (C=O) groups excluding carboxylic acids is 1. The number of alkyl halides is 3. The molecule has 0 aliphatic carbocycles. The number of carbonyl (C=O) groups is 1. The van der Waals surface area contributed by atoms with Crippen LogP contribution in [-0.4, -0.2) is 26.3 Å². The first kappa shape index (κ1) is 20.3. The number of Topliss-reactive ketones (excluding diaryl/α,β-unsaturated/α-hetero) is 1. The van der Waals surface area contributed by atoms with Crippen molar-refractivity contribution in [1.82, 2.24) is 14.3 Å². The van der Waals surface area contributed by atoms with Gasteiger partial charge >= 0.3 is 6.18 Å². The average molecular weight is 401 g/mol. The summed E-state index contributed by atoms with van der Waals surface area (Å²) in [5.74, 6) is -0.418. The van der Waals surface area contributed by atoms with Crippen molar-refractivity contribution in [3.05, 3.63) is 94.2 Å². The normalized spacial score (nSPS) is 11.4. The van der Waals surface area contributed by atoms with E-state index < -0.39 is 29.6 Å². The molecular formula is C21H18F3N3O2. The van der Waals surface area contributed by atoms with E-state index in [1.54, 1.807) is 11.6 Å². The molecule has 0 unspecified atom stereocenters. The summed E-state index contributed by atoms with van der Waals surface area (Å²) in [6.45, 7) is 4.83. The van der Waals surface area contributed by atoms with Crippen molar-refractivity contribution in [3.8, 4) is 0 Å². The molecule has 8 heteroatoms. The lowest BCUT2D eigenvalue weighted by Gasteiger charge is -2.12. The van der Waals surface area contributed by atoms with Crippen molar-refractivity contribution in [2.75, 3.05) is 0 Å². The van der Waals surface area contributed by atoms with Gasteiger partial charge in [-0.3, -0.25) is 14.3 Å². The molecule has 0 aliphatic heterocycles. The zero-order valence-electron chi connectivity index (χ0n) is 15.6. The molecule has 0 amide bonds. The minimum absolute atomic E-state index is 0.263. The molecule has 0 atom stereocenters. The predicted molar refractivity (Wildman–Crippen MR) is 103 cm³/mol. The number of ketones is 1. The number of halogens is 3. The molecule has 0 radical (unpaired) electrons. The number of aromatic nitrogens is 3. The van der Waals surface area contributed by atoms with Gasteiger partial charge in [-0.15, -0.1) is 0 Å². The summed E-state index contributed by atoms with van der Waals surface area (Å²) in [7, 11) is 0. The SMILES string of the molecule is C=C(c1ccc(=O)n(CC(=O)c2cnn(Cc3ccccc3)c2C)c1)C(F)(F)F. The number of rotatable bonds is 6. The topological polar surface area (TPSA) is 56.9 Å². The maximum Gasteiger partial charge on any atom is 0.416 e. The van der Waals surface area contributed by atoms with Crippen LogP contribution in [0.1, 0.15) is 27.2 Å². The van der Waals surface area contributed by atoms with Gasteiger partial charge in [0.2, 0.25) is 0 Å². The number of hydrogen-bond acceptors (Lipinski definition) is 3. The lowest BCUT2D eigenvalue weighted by molar-refractivity contribution is -0.0686. The summed E-state index contributed by atoms with van der Waals surface area (Å²) in [6, 6.07) is 11.6. The molecule has 0 fully saturated rings. The van der Waals surface area contributed by atoms with Crippen LogP contribution in [0.5, 0.6) is 0 Å². The number of nitrogens with zero attached hydrogens (tertiary/aromatic N) is 3. The summed E-state index contributed by atoms with van der Waals surface area (Å²) < 4.78 is 41.2. The van der Waals surface area contributed by atoms with E-state index in [1.807, 2.05) is 30.3 Å². The Kier molecular flexibility index (Phi) is 5.54. The monoisotopic (exact) mass is 401 g/mol. The first-order valence-corrected chi connectivity index (χ1v) is 8.73. The largest absolute Gasteiger partial charge is 0.416 e. The fourth-order valence-corrected chi connectivity index (χ4v) is 2.87. The minimum atomic E-state index is -4.62. The molecule has 150 valence electrons. The van der Waals surface area contributed by atoms with E-state index in [4.69, 9.17) is 0 Å². The third-order valence-electron chi connectivity index (χ3n) is 4.57. The third kappa shape index (κ3) is 4.53. The van der Waals surface area contributed by atoms with Crippen LogP contribution in [-0.2, 0) is 13.1 Å². The lowest BCUT2D eigenvalue weighted by Crippen LogP contribution is -2.24. The van der Waals surface area contributed by atoms with Gasteiger partial charge in [-0.2, -0.15) is 18.3 Å². The first-order valence-electron chi connectivity index (χ1n) is 8.73. The Hall–Kier alpha value is -3.42. The van der Waals surface area contributed by atoms with Gasteiger partial charge in [0.25, 0.3) is 5.56 Å². The van der Waals surface area contributed by atoms with Crippen molar-refractivity contribution in [2.24, 2.45) is 0 Å². The average Bonchev–Trinajstić information content (AvgIpc) is 3.03. The Balaban J connectivity index is 1.82. The Morgan fingerprint density at radius 3 is 2.48 bits per heavy atom. The van der Waals surface area contributed by atoms with Gasteiger partial charge in [-0.25, -0.2) is 0 Å². The molecule has 2 heterocycles. The van der Waals surface area contributed by atoms with E-state index in [0.717, 1.165) is 28.5 Å². The minimum Gasteiger partial charge on any atom is -0.307 e. The van der Waals surface area contributed by atoms with Gasteiger partial charge in [-0.1, -0.05) is 36.9 Å². The van der Waals surface area contributed by atoms with Crippen LogP contribution < -0.4 is 5.56 Å². The van der Waals surface area contributed by atoms with Crippen molar-refractivity contribution < 1.29 is 18.0 Å². The van der Waals surface area contributed by atoms with Gasteiger partial charge in [0, 0.05) is 23.5 Å². The van der Waals surface area contributed by atoms with E-state index in [-0.39, 0.29) is 5.56 Å². The molecule has 0 bridgehead atoms. The molecule has 0 aliphatic rings. The third-order valence-corrected chi connectivity index (χ3v) is 4.57. The summed E-state index contributed by atoms with van der Waals surface area (Å²) >= 11 is 0. The van der Waals surface area contributed by atoms with Crippen LogP contribution in [0.15, 0.2) is 66.2 Å². The summed E-state index contributed by atoms with van der Waals surface area (Å²) in [5, 5.41) is 4.22. The maximum absolute atomic E-state index is 12.9. The molecule has 0 saturated carbocycles. The number of benzene rings is 1. The molecule has 1 aromatic carbocycles. The van der Waals surface area contributed by atoms with E-state index >= 15 is 0 Å². The highest BCUT2D eigenvalue weighted by Crippen LogP contribution is 2.31. The van der Waals surface area contributed by atoms with Gasteiger partial charge in [0.1, 0.15) is 0 Å². The first-order chi connectivity index (χ1) is 13.7. The van der Waals surface area contributed by atoms with Gasteiger partial charge in [0.15, 0.2) is 5.78 Å². The second-order valence-electron chi connectivity index (χ2n) is 6.57. The van der Waals surface area contributed by atoms with Gasteiger partial charge in [0.05, 0.1) is 30.4 Å². The number of hydrogen-bond donors (Lipinski definition) is 0. The van der Waals surface area contributed by atoms with Crippen LogP contribution in [0.2, 0.25) is 0 Å². The van der Waals surface area contributed by atoms with Crippen LogP contribution >= 0.6 is 0 Å². The fourth-order valence-electron chi connectivity index (χ4n) is 2.87. The highest BCUT2D eigenvalue weighted by molar-refractivity contribution is 5.96. The molecule has 0 N–H and O–H groups in total. The molecule has 29 heavy (non-hydrogen) atoms. The zero-order chi connectivity index (χ0) is 21.2. The smallest absolute Gasteiger partial charge is 0.307 e. The lowest BCUT2D eigenvalue weighted by atomic mass is 10.1.